The summed E-state index contributed by atoms with van der Waals surface area (Å²) < 4.78 is 11.3. The van der Waals surface area contributed by atoms with Crippen LogP contribution < -0.4 is 4.74 Å². The molecule has 4 aromatic carbocycles. The van der Waals surface area contributed by atoms with E-state index in [1.165, 1.54) is 17.9 Å². The molecule has 174 valence electrons. The lowest BCUT2D eigenvalue weighted by Crippen LogP contribution is -2.23. The van der Waals surface area contributed by atoms with Gasteiger partial charge in [-0.15, -0.1) is 0 Å². The highest BCUT2D eigenvalue weighted by atomic mass is 16.5. The number of carbonyl (C=O) groups is 1. The minimum atomic E-state index is -0.336. The number of aryl methyl sites for hydroxylation is 1. The van der Waals surface area contributed by atoms with E-state index in [0.29, 0.717) is 12.1 Å². The third-order valence-electron chi connectivity index (χ3n) is 6.45. The zero-order valence-electron chi connectivity index (χ0n) is 20.1. The van der Waals surface area contributed by atoms with Gasteiger partial charge >= 0.3 is 5.97 Å². The highest BCUT2D eigenvalue weighted by molar-refractivity contribution is 6.09. The van der Waals surface area contributed by atoms with Crippen molar-refractivity contribution in [1.29, 1.82) is 0 Å². The first-order valence-electron chi connectivity index (χ1n) is 11.7. The Morgan fingerprint density at radius 2 is 1.71 bits per heavy atom. The van der Waals surface area contributed by atoms with Crippen LogP contribution in [0.1, 0.15) is 39.5 Å². The van der Waals surface area contributed by atoms with E-state index < -0.39 is 0 Å². The lowest BCUT2D eigenvalue weighted by Gasteiger charge is -2.25. The van der Waals surface area contributed by atoms with Gasteiger partial charge in [0.15, 0.2) is 0 Å². The normalized spacial score (nSPS) is 15.2. The van der Waals surface area contributed by atoms with E-state index in [4.69, 9.17) is 14.5 Å². The second kappa shape index (κ2) is 9.59. The largest absolute Gasteiger partial charge is 0.484 e. The maximum absolute atomic E-state index is 12.3. The summed E-state index contributed by atoms with van der Waals surface area (Å²) in [4.78, 5) is 17.2. The number of hydrogen-bond donors (Lipinski definition) is 0. The molecule has 0 N–H and O–H groups in total. The van der Waals surface area contributed by atoms with Gasteiger partial charge in [-0.2, -0.15) is 0 Å². The van der Waals surface area contributed by atoms with Gasteiger partial charge in [-0.25, -0.2) is 4.79 Å². The maximum atomic E-state index is 12.3. The summed E-state index contributed by atoms with van der Waals surface area (Å²) in [6.07, 6.45) is 1.88. The Bertz CT molecular complexity index is 1480. The van der Waals surface area contributed by atoms with Crippen LogP contribution in [0.5, 0.6) is 5.75 Å². The maximum Gasteiger partial charge on any atom is 0.338 e. The number of rotatable bonds is 5. The molecule has 0 fully saturated rings. The van der Waals surface area contributed by atoms with Crippen LogP contribution in [0.3, 0.4) is 0 Å². The van der Waals surface area contributed by atoms with Crippen molar-refractivity contribution < 1.29 is 14.3 Å². The molecule has 0 aromatic heterocycles. The summed E-state index contributed by atoms with van der Waals surface area (Å²) in [7, 11) is 1.41. The van der Waals surface area contributed by atoms with Crippen molar-refractivity contribution in [3.8, 4) is 5.75 Å². The zero-order chi connectivity index (χ0) is 24.4. The molecule has 0 saturated carbocycles. The van der Waals surface area contributed by atoms with Crippen LogP contribution in [0, 0.1) is 6.92 Å². The predicted molar refractivity (Wildman–Crippen MR) is 141 cm³/mol. The molecule has 4 nitrogen and oxygen atoms in total. The number of aliphatic imine (C=N–C) groups is 1. The van der Waals surface area contributed by atoms with Crippen molar-refractivity contribution >= 4 is 28.0 Å². The lowest BCUT2D eigenvalue weighted by atomic mass is 9.91. The smallest absolute Gasteiger partial charge is 0.338 e. The number of para-hydroxylation sites is 1. The SMILES string of the molecule is COC(=O)c1cc(C2=C[C@H](CN=C(C)c3cccc4ccccc34)Oc3ccccc32)ccc1C. The average Bonchev–Trinajstić information content (AvgIpc) is 2.90. The van der Waals surface area contributed by atoms with Gasteiger partial charge in [0.05, 0.1) is 19.2 Å². The fraction of sp³-hybridized carbons (Fsp3) is 0.161. The molecule has 1 aliphatic rings. The third kappa shape index (κ3) is 4.47. The lowest BCUT2D eigenvalue weighted by molar-refractivity contribution is 0.0600. The summed E-state index contributed by atoms with van der Waals surface area (Å²) in [5.74, 6) is 0.477. The topological polar surface area (TPSA) is 47.9 Å². The Kier molecular flexibility index (Phi) is 6.19. The first-order valence-corrected chi connectivity index (χ1v) is 11.7. The Labute approximate surface area is 205 Å². The van der Waals surface area contributed by atoms with Crippen molar-refractivity contribution in [3.63, 3.8) is 0 Å². The summed E-state index contributed by atoms with van der Waals surface area (Å²) in [6.45, 7) is 4.45. The Morgan fingerprint density at radius 1 is 0.943 bits per heavy atom. The molecular weight excluding hydrogens is 434 g/mol. The molecule has 1 atom stereocenters. The standard InChI is InChI=1S/C31H27NO3/c1-20-15-16-23(17-28(20)31(33)34-3)29-18-24(35-30-14-7-6-12-27(29)30)19-32-21(2)25-13-8-10-22-9-4-5-11-26(22)25/h4-18,24H,19H2,1-3H3/t24-/m1/s1. The molecule has 35 heavy (non-hydrogen) atoms. The predicted octanol–water partition coefficient (Wildman–Crippen LogP) is 6.64. The molecule has 0 saturated heterocycles. The van der Waals surface area contributed by atoms with E-state index in [2.05, 4.69) is 48.5 Å². The van der Waals surface area contributed by atoms with Crippen molar-refractivity contribution in [2.45, 2.75) is 20.0 Å². The fourth-order valence-electron chi connectivity index (χ4n) is 4.58. The molecule has 4 heteroatoms. The second-order valence-electron chi connectivity index (χ2n) is 8.71. The molecule has 0 bridgehead atoms. The van der Waals surface area contributed by atoms with E-state index in [0.717, 1.165) is 39.3 Å². The number of methoxy groups -OCH3 is 1. The van der Waals surface area contributed by atoms with Crippen LogP contribution in [0.25, 0.3) is 16.3 Å². The third-order valence-corrected chi connectivity index (χ3v) is 6.45. The summed E-state index contributed by atoms with van der Waals surface area (Å²) in [6, 6.07) is 28.5. The van der Waals surface area contributed by atoms with E-state index in [1.807, 2.05) is 56.3 Å². The van der Waals surface area contributed by atoms with Crippen molar-refractivity contribution in [1.82, 2.24) is 0 Å². The van der Waals surface area contributed by atoms with Gasteiger partial charge in [0, 0.05) is 16.8 Å². The van der Waals surface area contributed by atoms with E-state index in [1.54, 1.807) is 0 Å². The number of fused-ring (bicyclic) bond motifs is 2. The Morgan fingerprint density at radius 3 is 2.57 bits per heavy atom. The van der Waals surface area contributed by atoms with Gasteiger partial charge in [-0.1, -0.05) is 72.8 Å². The number of esters is 1. The van der Waals surface area contributed by atoms with Crippen LogP contribution in [0.2, 0.25) is 0 Å². The van der Waals surface area contributed by atoms with Gasteiger partial charge < -0.3 is 9.47 Å². The molecule has 4 aromatic rings. The number of benzene rings is 4. The van der Waals surface area contributed by atoms with E-state index in [-0.39, 0.29) is 12.1 Å². The molecule has 0 radical (unpaired) electrons. The van der Waals surface area contributed by atoms with E-state index >= 15 is 0 Å². The second-order valence-corrected chi connectivity index (χ2v) is 8.71. The quantitative estimate of drug-likeness (QED) is 0.247. The molecule has 1 aliphatic heterocycles. The van der Waals surface area contributed by atoms with Crippen LogP contribution in [-0.4, -0.2) is 31.4 Å². The van der Waals surface area contributed by atoms with Crippen molar-refractivity contribution in [2.75, 3.05) is 13.7 Å². The van der Waals surface area contributed by atoms with Gasteiger partial charge in [-0.3, -0.25) is 4.99 Å². The summed E-state index contributed by atoms with van der Waals surface area (Å²) in [5, 5.41) is 2.39. The van der Waals surface area contributed by atoms with Crippen LogP contribution >= 0.6 is 0 Å². The summed E-state index contributed by atoms with van der Waals surface area (Å²) >= 11 is 0. The van der Waals surface area contributed by atoms with Gasteiger partial charge in [0.25, 0.3) is 0 Å². The Balaban J connectivity index is 1.50. The van der Waals surface area contributed by atoms with Crippen molar-refractivity contribution in [3.05, 3.63) is 119 Å². The molecule has 0 aliphatic carbocycles. The number of hydrogen-bond acceptors (Lipinski definition) is 4. The van der Waals surface area contributed by atoms with E-state index in [9.17, 15) is 4.79 Å². The van der Waals surface area contributed by atoms with Crippen LogP contribution in [-0.2, 0) is 4.74 Å². The number of ether oxygens (including phenoxy) is 2. The molecule has 5 rings (SSSR count). The zero-order valence-corrected chi connectivity index (χ0v) is 20.1. The average molecular weight is 462 g/mol. The monoisotopic (exact) mass is 461 g/mol. The molecule has 0 amide bonds. The van der Waals surface area contributed by atoms with Crippen LogP contribution in [0.15, 0.2) is 96.0 Å². The van der Waals surface area contributed by atoms with Gasteiger partial charge in [0.1, 0.15) is 11.9 Å². The minimum absolute atomic E-state index is 0.229. The molecule has 1 heterocycles. The molecular formula is C31H27NO3. The molecule has 0 spiro atoms. The number of carbonyl (C=O) groups excluding carboxylic acids is 1. The first-order chi connectivity index (χ1) is 17.0. The highest BCUT2D eigenvalue weighted by Gasteiger charge is 2.22. The Hall–Kier alpha value is -4.18. The fourth-order valence-corrected chi connectivity index (χ4v) is 4.58. The molecule has 0 unspecified atom stereocenters. The first kappa shape index (κ1) is 22.6. The van der Waals surface area contributed by atoms with Gasteiger partial charge in [0.2, 0.25) is 0 Å². The minimum Gasteiger partial charge on any atom is -0.484 e. The van der Waals surface area contributed by atoms with Crippen molar-refractivity contribution in [2.24, 2.45) is 4.99 Å². The number of nitrogens with zero attached hydrogens (tertiary/aromatic N) is 1. The van der Waals surface area contributed by atoms with Crippen LogP contribution in [0.4, 0.5) is 0 Å². The van der Waals surface area contributed by atoms with Gasteiger partial charge in [-0.05, 0) is 59.5 Å². The summed E-state index contributed by atoms with van der Waals surface area (Å²) in [5.41, 5.74) is 6.53. The highest BCUT2D eigenvalue weighted by Crippen LogP contribution is 2.36.